The molecular formula is C24H25ClN2O4. The highest BCUT2D eigenvalue weighted by molar-refractivity contribution is 6.30. The number of benzene rings is 2. The Kier molecular flexibility index (Phi) is 8.19. The van der Waals surface area contributed by atoms with Gasteiger partial charge in [-0.3, -0.25) is 9.59 Å². The van der Waals surface area contributed by atoms with E-state index in [1.54, 1.807) is 48.5 Å². The monoisotopic (exact) mass is 440 g/mol. The molecule has 31 heavy (non-hydrogen) atoms. The first-order valence-electron chi connectivity index (χ1n) is 10.2. The Balaban J connectivity index is 1.31. The van der Waals surface area contributed by atoms with E-state index in [-0.39, 0.29) is 37.1 Å². The molecule has 0 unspecified atom stereocenters. The number of halogens is 1. The van der Waals surface area contributed by atoms with Crippen LogP contribution in [0.1, 0.15) is 31.2 Å². The van der Waals surface area contributed by atoms with E-state index < -0.39 is 0 Å². The zero-order valence-electron chi connectivity index (χ0n) is 17.1. The lowest BCUT2D eigenvalue weighted by Crippen LogP contribution is -2.45. The molecule has 0 heterocycles. The molecule has 2 aromatic rings. The summed E-state index contributed by atoms with van der Waals surface area (Å²) in [5.41, 5.74) is 0.761. The molecule has 7 heteroatoms. The third-order valence-electron chi connectivity index (χ3n) is 5.03. The van der Waals surface area contributed by atoms with Crippen molar-refractivity contribution in [1.82, 2.24) is 10.6 Å². The second-order valence-electron chi connectivity index (χ2n) is 7.38. The zero-order chi connectivity index (χ0) is 22.1. The van der Waals surface area contributed by atoms with Gasteiger partial charge in [-0.1, -0.05) is 17.5 Å². The molecule has 1 aliphatic rings. The van der Waals surface area contributed by atoms with Gasteiger partial charge in [-0.15, -0.1) is 6.42 Å². The van der Waals surface area contributed by atoms with Crippen LogP contribution >= 0.6 is 11.6 Å². The van der Waals surface area contributed by atoms with Crippen LogP contribution in [0.4, 0.5) is 0 Å². The van der Waals surface area contributed by atoms with E-state index in [0.717, 1.165) is 31.2 Å². The predicted octanol–water partition coefficient (Wildman–Crippen LogP) is 3.32. The zero-order valence-corrected chi connectivity index (χ0v) is 17.9. The van der Waals surface area contributed by atoms with Crippen LogP contribution in [0.3, 0.4) is 0 Å². The van der Waals surface area contributed by atoms with Gasteiger partial charge in [-0.25, -0.2) is 0 Å². The number of rotatable bonds is 8. The van der Waals surface area contributed by atoms with Crippen LogP contribution in [-0.2, 0) is 9.59 Å². The molecule has 0 bridgehead atoms. The Morgan fingerprint density at radius 1 is 0.839 bits per heavy atom. The fraction of sp³-hybridized carbons (Fsp3) is 0.333. The number of ether oxygens (including phenoxy) is 2. The molecule has 1 saturated carbocycles. The summed E-state index contributed by atoms with van der Waals surface area (Å²) in [4.78, 5) is 24.3. The second kappa shape index (κ2) is 11.3. The normalized spacial score (nSPS) is 17.8. The Bertz CT molecular complexity index is 914. The van der Waals surface area contributed by atoms with E-state index in [1.165, 1.54) is 0 Å². The molecule has 0 radical (unpaired) electrons. The first kappa shape index (κ1) is 22.5. The van der Waals surface area contributed by atoms with Gasteiger partial charge < -0.3 is 20.1 Å². The largest absolute Gasteiger partial charge is 0.484 e. The van der Waals surface area contributed by atoms with Crippen molar-refractivity contribution in [3.05, 3.63) is 59.1 Å². The van der Waals surface area contributed by atoms with Crippen LogP contribution in [0.5, 0.6) is 11.5 Å². The second-order valence-corrected chi connectivity index (χ2v) is 7.82. The van der Waals surface area contributed by atoms with Gasteiger partial charge in [0.05, 0.1) is 0 Å². The van der Waals surface area contributed by atoms with Crippen molar-refractivity contribution >= 4 is 23.4 Å². The maximum absolute atomic E-state index is 12.1. The van der Waals surface area contributed by atoms with Gasteiger partial charge >= 0.3 is 0 Å². The Morgan fingerprint density at radius 3 is 1.68 bits per heavy atom. The quantitative estimate of drug-likeness (QED) is 0.617. The summed E-state index contributed by atoms with van der Waals surface area (Å²) in [6, 6.07) is 14.1. The van der Waals surface area contributed by atoms with E-state index in [1.807, 2.05) is 0 Å². The molecule has 0 atom stereocenters. The minimum atomic E-state index is -0.162. The summed E-state index contributed by atoms with van der Waals surface area (Å²) < 4.78 is 11.0. The van der Waals surface area contributed by atoms with Crippen LogP contribution < -0.4 is 20.1 Å². The number of carbonyl (C=O) groups excluding carboxylic acids is 2. The lowest BCUT2D eigenvalue weighted by molar-refractivity contribution is -0.125. The van der Waals surface area contributed by atoms with Crippen LogP contribution in [0.2, 0.25) is 5.02 Å². The highest BCUT2D eigenvalue weighted by Crippen LogP contribution is 2.19. The van der Waals surface area contributed by atoms with Gasteiger partial charge in [-0.05, 0) is 74.2 Å². The molecule has 6 nitrogen and oxygen atoms in total. The summed E-state index contributed by atoms with van der Waals surface area (Å²) in [5.74, 6) is 3.41. The summed E-state index contributed by atoms with van der Waals surface area (Å²) in [7, 11) is 0. The lowest BCUT2D eigenvalue weighted by Gasteiger charge is -2.29. The molecule has 3 rings (SSSR count). The molecule has 2 amide bonds. The van der Waals surface area contributed by atoms with E-state index in [0.29, 0.717) is 16.5 Å². The predicted molar refractivity (Wildman–Crippen MR) is 119 cm³/mol. The third kappa shape index (κ3) is 7.54. The van der Waals surface area contributed by atoms with Crippen LogP contribution in [0.25, 0.3) is 0 Å². The topological polar surface area (TPSA) is 76.7 Å². The molecule has 0 saturated heterocycles. The van der Waals surface area contributed by atoms with Crippen LogP contribution in [-0.4, -0.2) is 37.1 Å². The van der Waals surface area contributed by atoms with Crippen molar-refractivity contribution in [2.24, 2.45) is 0 Å². The Morgan fingerprint density at radius 2 is 1.26 bits per heavy atom. The van der Waals surface area contributed by atoms with Crippen molar-refractivity contribution in [2.45, 2.75) is 37.8 Å². The van der Waals surface area contributed by atoms with Crippen LogP contribution in [0.15, 0.2) is 48.5 Å². The van der Waals surface area contributed by atoms with E-state index in [9.17, 15) is 9.59 Å². The first-order chi connectivity index (χ1) is 15.0. The van der Waals surface area contributed by atoms with Gasteiger partial charge in [0, 0.05) is 22.7 Å². The number of hydrogen-bond acceptors (Lipinski definition) is 4. The van der Waals surface area contributed by atoms with Gasteiger partial charge in [0.25, 0.3) is 11.8 Å². The molecule has 2 aromatic carbocycles. The van der Waals surface area contributed by atoms with Gasteiger partial charge in [0.15, 0.2) is 13.2 Å². The van der Waals surface area contributed by atoms with Crippen molar-refractivity contribution in [2.75, 3.05) is 13.2 Å². The highest BCUT2D eigenvalue weighted by Gasteiger charge is 2.23. The maximum Gasteiger partial charge on any atom is 0.258 e. The highest BCUT2D eigenvalue weighted by atomic mass is 35.5. The van der Waals surface area contributed by atoms with Crippen molar-refractivity contribution in [3.63, 3.8) is 0 Å². The average Bonchev–Trinajstić information content (AvgIpc) is 2.79. The standard InChI is InChI=1S/C24H25ClN2O4/c1-2-17-3-11-21(12-4-17)30-15-23(28)26-19-7-9-20(10-8-19)27-24(29)16-31-22-13-5-18(25)6-14-22/h1,3-6,11-14,19-20H,7-10,15-16H2,(H,26,28)(H,27,29)/t19-,20-. The Hall–Kier alpha value is -3.17. The van der Waals surface area contributed by atoms with Gasteiger partial charge in [-0.2, -0.15) is 0 Å². The average molecular weight is 441 g/mol. The minimum Gasteiger partial charge on any atom is -0.484 e. The first-order valence-corrected chi connectivity index (χ1v) is 10.6. The fourth-order valence-corrected chi connectivity index (χ4v) is 3.52. The molecular weight excluding hydrogens is 416 g/mol. The van der Waals surface area contributed by atoms with E-state index in [2.05, 4.69) is 16.6 Å². The van der Waals surface area contributed by atoms with E-state index in [4.69, 9.17) is 27.5 Å². The molecule has 1 fully saturated rings. The third-order valence-corrected chi connectivity index (χ3v) is 5.28. The molecule has 0 aromatic heterocycles. The number of hydrogen-bond donors (Lipinski definition) is 2. The molecule has 2 N–H and O–H groups in total. The van der Waals surface area contributed by atoms with Crippen LogP contribution in [0, 0.1) is 12.3 Å². The summed E-state index contributed by atoms with van der Waals surface area (Å²) in [5, 5.41) is 6.60. The smallest absolute Gasteiger partial charge is 0.258 e. The number of terminal acetylenes is 1. The fourth-order valence-electron chi connectivity index (χ4n) is 3.40. The lowest BCUT2D eigenvalue weighted by atomic mass is 9.91. The van der Waals surface area contributed by atoms with Crippen molar-refractivity contribution in [3.8, 4) is 23.8 Å². The SMILES string of the molecule is C#Cc1ccc(OCC(=O)N[C@H]2CC[C@H](NC(=O)COc3ccc(Cl)cc3)CC2)cc1. The number of carbonyl (C=O) groups is 2. The van der Waals surface area contributed by atoms with Crippen molar-refractivity contribution < 1.29 is 19.1 Å². The summed E-state index contributed by atoms with van der Waals surface area (Å²) in [6.45, 7) is -0.0912. The molecule has 0 spiro atoms. The summed E-state index contributed by atoms with van der Waals surface area (Å²) >= 11 is 5.83. The maximum atomic E-state index is 12.1. The Labute approximate surface area is 187 Å². The van der Waals surface area contributed by atoms with Crippen molar-refractivity contribution in [1.29, 1.82) is 0 Å². The molecule has 0 aliphatic heterocycles. The summed E-state index contributed by atoms with van der Waals surface area (Å²) in [6.07, 6.45) is 8.51. The number of nitrogens with one attached hydrogen (secondary N) is 2. The minimum absolute atomic E-state index is 0.0437. The number of amides is 2. The van der Waals surface area contributed by atoms with E-state index >= 15 is 0 Å². The van der Waals surface area contributed by atoms with Gasteiger partial charge in [0.2, 0.25) is 0 Å². The molecule has 1 aliphatic carbocycles. The van der Waals surface area contributed by atoms with Gasteiger partial charge in [0.1, 0.15) is 11.5 Å². The molecule has 162 valence electrons.